The Balaban J connectivity index is 1.86. The molecule has 4 heteroatoms. The minimum Gasteiger partial charge on any atom is -0.312 e. The lowest BCUT2D eigenvalue weighted by Crippen LogP contribution is -2.36. The van der Waals surface area contributed by atoms with Gasteiger partial charge in [0.15, 0.2) is 0 Å². The molecule has 2 atom stereocenters. The maximum Gasteiger partial charge on any atom is 0.0672 e. The predicted molar refractivity (Wildman–Crippen MR) is 84.1 cm³/mol. The van der Waals surface area contributed by atoms with Crippen molar-refractivity contribution in [2.75, 3.05) is 6.54 Å². The Morgan fingerprint density at radius 2 is 2.00 bits per heavy atom. The monoisotopic (exact) mass is 310 g/mol. The molecule has 1 aliphatic carbocycles. The number of nitriles is 1. The van der Waals surface area contributed by atoms with E-state index in [1.807, 2.05) is 12.1 Å². The number of nitrogens with one attached hydrogen (secondary N) is 1. The van der Waals surface area contributed by atoms with Crippen LogP contribution in [0.25, 0.3) is 0 Å². The summed E-state index contributed by atoms with van der Waals surface area (Å²) >= 11 is 12.1. The summed E-state index contributed by atoms with van der Waals surface area (Å²) < 4.78 is 0. The topological polar surface area (TPSA) is 35.8 Å². The van der Waals surface area contributed by atoms with Crippen molar-refractivity contribution in [3.63, 3.8) is 0 Å². The van der Waals surface area contributed by atoms with Gasteiger partial charge in [0.05, 0.1) is 12.0 Å². The Labute approximate surface area is 131 Å². The quantitative estimate of drug-likeness (QED) is 0.825. The lowest BCUT2D eigenvalue weighted by molar-refractivity contribution is 0.397. The van der Waals surface area contributed by atoms with Crippen molar-refractivity contribution < 1.29 is 0 Å². The second-order valence-corrected chi connectivity index (χ2v) is 6.26. The third kappa shape index (κ3) is 4.38. The van der Waals surface area contributed by atoms with E-state index in [1.54, 1.807) is 6.07 Å². The third-order valence-electron chi connectivity index (χ3n) is 4.00. The number of nitrogens with zero attached hydrogens (tertiary/aromatic N) is 1. The summed E-state index contributed by atoms with van der Waals surface area (Å²) in [6.45, 7) is 0.851. The maximum atomic E-state index is 9.25. The van der Waals surface area contributed by atoms with E-state index < -0.39 is 0 Å². The summed E-state index contributed by atoms with van der Waals surface area (Å²) in [5.41, 5.74) is 1.10. The first-order valence-electron chi connectivity index (χ1n) is 7.27. The van der Waals surface area contributed by atoms with Crippen LogP contribution in [0.4, 0.5) is 0 Å². The Kier molecular flexibility index (Phi) is 6.16. The first-order chi connectivity index (χ1) is 9.70. The highest BCUT2D eigenvalue weighted by atomic mass is 35.5. The smallest absolute Gasteiger partial charge is 0.0672 e. The molecule has 2 unspecified atom stereocenters. The van der Waals surface area contributed by atoms with Gasteiger partial charge in [-0.3, -0.25) is 0 Å². The molecule has 0 amide bonds. The van der Waals surface area contributed by atoms with Gasteiger partial charge in [0.1, 0.15) is 0 Å². The molecule has 1 N–H and O–H groups in total. The summed E-state index contributed by atoms with van der Waals surface area (Å²) in [5, 5.41) is 14.2. The number of benzene rings is 1. The Morgan fingerprint density at radius 3 is 2.75 bits per heavy atom. The highest BCUT2D eigenvalue weighted by molar-refractivity contribution is 6.35. The summed E-state index contributed by atoms with van der Waals surface area (Å²) in [6.07, 6.45) is 6.64. The van der Waals surface area contributed by atoms with E-state index in [9.17, 15) is 5.26 Å². The van der Waals surface area contributed by atoms with Gasteiger partial charge in [-0.15, -0.1) is 0 Å². The minimum absolute atomic E-state index is 0.151. The molecule has 1 aromatic carbocycles. The SMILES string of the molecule is N#CC1CCCCCC1NCCc1ccc(Cl)cc1Cl. The average Bonchev–Trinajstić information content (AvgIpc) is 2.66. The lowest BCUT2D eigenvalue weighted by Gasteiger charge is -2.21. The largest absolute Gasteiger partial charge is 0.312 e. The van der Waals surface area contributed by atoms with Crippen molar-refractivity contribution in [3.05, 3.63) is 33.8 Å². The molecule has 0 radical (unpaired) electrons. The summed E-state index contributed by atoms with van der Waals surface area (Å²) in [4.78, 5) is 0. The molecule has 20 heavy (non-hydrogen) atoms. The summed E-state index contributed by atoms with van der Waals surface area (Å²) in [7, 11) is 0. The fraction of sp³-hybridized carbons (Fsp3) is 0.562. The molecule has 0 bridgehead atoms. The van der Waals surface area contributed by atoms with E-state index in [-0.39, 0.29) is 5.92 Å². The zero-order valence-electron chi connectivity index (χ0n) is 11.5. The highest BCUT2D eigenvalue weighted by Crippen LogP contribution is 2.24. The number of halogens is 2. The standard InChI is InChI=1S/C16H20Cl2N2/c17-14-7-6-12(15(18)10-14)8-9-20-16-5-3-1-2-4-13(16)11-19/h6-7,10,13,16,20H,1-5,8-9H2. The molecular weight excluding hydrogens is 291 g/mol. The molecule has 108 valence electrons. The normalized spacial score (nSPS) is 23.1. The molecule has 0 saturated heterocycles. The predicted octanol–water partition coefficient (Wildman–Crippen LogP) is 4.60. The Morgan fingerprint density at radius 1 is 1.20 bits per heavy atom. The fourth-order valence-corrected chi connectivity index (χ4v) is 3.33. The van der Waals surface area contributed by atoms with Gasteiger partial charge in [-0.25, -0.2) is 0 Å². The van der Waals surface area contributed by atoms with E-state index in [2.05, 4.69) is 11.4 Å². The van der Waals surface area contributed by atoms with E-state index in [0.717, 1.165) is 36.4 Å². The molecule has 1 aliphatic rings. The highest BCUT2D eigenvalue weighted by Gasteiger charge is 2.22. The van der Waals surface area contributed by atoms with E-state index >= 15 is 0 Å². The molecular formula is C16H20Cl2N2. The first kappa shape index (κ1) is 15.6. The molecule has 0 aromatic heterocycles. The first-order valence-corrected chi connectivity index (χ1v) is 8.03. The molecule has 0 heterocycles. The van der Waals surface area contributed by atoms with Crippen LogP contribution in [-0.4, -0.2) is 12.6 Å². The van der Waals surface area contributed by atoms with Crippen LogP contribution in [0.15, 0.2) is 18.2 Å². The molecule has 2 rings (SSSR count). The molecule has 1 fully saturated rings. The number of hydrogen-bond acceptors (Lipinski definition) is 2. The summed E-state index contributed by atoms with van der Waals surface area (Å²) in [6, 6.07) is 8.40. The van der Waals surface area contributed by atoms with Gasteiger partial charge in [-0.05, 0) is 43.5 Å². The molecule has 1 aromatic rings. The van der Waals surface area contributed by atoms with E-state index in [0.29, 0.717) is 11.1 Å². The van der Waals surface area contributed by atoms with Gasteiger partial charge < -0.3 is 5.32 Å². The maximum absolute atomic E-state index is 9.25. The Bertz CT molecular complexity index is 482. The third-order valence-corrected chi connectivity index (χ3v) is 4.58. The van der Waals surface area contributed by atoms with Crippen molar-refractivity contribution in [1.29, 1.82) is 5.26 Å². The van der Waals surface area contributed by atoms with E-state index in [4.69, 9.17) is 23.2 Å². The molecule has 2 nitrogen and oxygen atoms in total. The van der Waals surface area contributed by atoms with E-state index in [1.165, 1.54) is 19.3 Å². The van der Waals surface area contributed by atoms with Crippen LogP contribution in [0.5, 0.6) is 0 Å². The average molecular weight is 311 g/mol. The van der Waals surface area contributed by atoms with Crippen molar-refractivity contribution in [2.24, 2.45) is 5.92 Å². The van der Waals surface area contributed by atoms with Gasteiger partial charge in [-0.2, -0.15) is 5.26 Å². The molecule has 0 spiro atoms. The van der Waals surface area contributed by atoms with Gasteiger partial charge >= 0.3 is 0 Å². The number of hydrogen-bond donors (Lipinski definition) is 1. The van der Waals surface area contributed by atoms with Crippen molar-refractivity contribution in [1.82, 2.24) is 5.32 Å². The Hall–Kier alpha value is -0.750. The van der Waals surface area contributed by atoms with Crippen LogP contribution in [-0.2, 0) is 6.42 Å². The van der Waals surface area contributed by atoms with Gasteiger partial charge in [0.2, 0.25) is 0 Å². The molecule has 1 saturated carbocycles. The van der Waals surface area contributed by atoms with Gasteiger partial charge in [0.25, 0.3) is 0 Å². The second kappa shape index (κ2) is 7.88. The fourth-order valence-electron chi connectivity index (χ4n) is 2.82. The van der Waals surface area contributed by atoms with Crippen LogP contribution < -0.4 is 5.32 Å². The lowest BCUT2D eigenvalue weighted by atomic mass is 9.96. The second-order valence-electron chi connectivity index (χ2n) is 5.42. The summed E-state index contributed by atoms with van der Waals surface area (Å²) in [5.74, 6) is 0.151. The minimum atomic E-state index is 0.151. The van der Waals surface area contributed by atoms with Crippen molar-refractivity contribution in [2.45, 2.75) is 44.6 Å². The van der Waals surface area contributed by atoms with Gasteiger partial charge in [0, 0.05) is 16.1 Å². The van der Waals surface area contributed by atoms with Crippen LogP contribution >= 0.6 is 23.2 Å². The van der Waals surface area contributed by atoms with Crippen molar-refractivity contribution >= 4 is 23.2 Å². The zero-order chi connectivity index (χ0) is 14.4. The molecule has 0 aliphatic heterocycles. The number of rotatable bonds is 4. The van der Waals surface area contributed by atoms with Crippen molar-refractivity contribution in [3.8, 4) is 6.07 Å². The van der Waals surface area contributed by atoms with Crippen LogP contribution in [0.3, 0.4) is 0 Å². The van der Waals surface area contributed by atoms with Crippen LogP contribution in [0, 0.1) is 17.2 Å². The van der Waals surface area contributed by atoms with Crippen LogP contribution in [0.2, 0.25) is 10.0 Å². The van der Waals surface area contributed by atoms with Crippen LogP contribution in [0.1, 0.15) is 37.7 Å². The van der Waals surface area contributed by atoms with Gasteiger partial charge in [-0.1, -0.05) is 48.5 Å². The zero-order valence-corrected chi connectivity index (χ0v) is 13.1.